The number of hydrogen-bond acceptors (Lipinski definition) is 3. The highest BCUT2D eigenvalue weighted by Gasteiger charge is 2.36. The van der Waals surface area contributed by atoms with Gasteiger partial charge in [-0.1, -0.05) is 24.3 Å². The zero-order chi connectivity index (χ0) is 18.3. The fourth-order valence-electron chi connectivity index (χ4n) is 4.26. The zero-order valence-electron chi connectivity index (χ0n) is 14.3. The molecule has 134 valence electrons. The molecule has 6 nitrogen and oxygen atoms in total. The first-order valence-corrected chi connectivity index (χ1v) is 8.81. The van der Waals surface area contributed by atoms with Crippen LogP contribution in [-0.4, -0.2) is 39.5 Å². The molecule has 1 fully saturated rings. The summed E-state index contributed by atoms with van der Waals surface area (Å²) < 4.78 is 1.83. The minimum Gasteiger partial charge on any atom is -0.478 e. The summed E-state index contributed by atoms with van der Waals surface area (Å²) in [7, 11) is 0. The van der Waals surface area contributed by atoms with Gasteiger partial charge in [-0.05, 0) is 30.0 Å². The maximum absolute atomic E-state index is 12.8. The lowest BCUT2D eigenvalue weighted by atomic mass is 9.83. The molecule has 2 aliphatic rings. The second-order valence-electron chi connectivity index (χ2n) is 7.14. The van der Waals surface area contributed by atoms with E-state index in [1.807, 2.05) is 15.5 Å². The van der Waals surface area contributed by atoms with E-state index in [-0.39, 0.29) is 35.3 Å². The summed E-state index contributed by atoms with van der Waals surface area (Å²) in [6, 6.07) is 12.0. The number of benzene rings is 1. The Morgan fingerprint density at radius 1 is 1.04 bits per heavy atom. The van der Waals surface area contributed by atoms with Gasteiger partial charge in [-0.2, -0.15) is 0 Å². The number of aromatic carboxylic acids is 1. The van der Waals surface area contributed by atoms with Crippen molar-refractivity contribution in [2.24, 2.45) is 5.92 Å². The van der Waals surface area contributed by atoms with Crippen LogP contribution in [0.3, 0.4) is 0 Å². The summed E-state index contributed by atoms with van der Waals surface area (Å²) >= 11 is 0. The molecule has 0 spiro atoms. The Labute approximate surface area is 150 Å². The molecule has 1 N–H and O–H groups in total. The molecular formula is C20H20N2O4. The van der Waals surface area contributed by atoms with Gasteiger partial charge >= 0.3 is 5.97 Å². The van der Waals surface area contributed by atoms with E-state index in [1.54, 1.807) is 30.3 Å². The molecule has 2 aromatic rings. The predicted octanol–water partition coefficient (Wildman–Crippen LogP) is 1.73. The average Bonchev–Trinajstić information content (AvgIpc) is 2.63. The van der Waals surface area contributed by atoms with Gasteiger partial charge in [0.05, 0.1) is 12.0 Å². The normalized spacial score (nSPS) is 21.2. The number of likely N-dealkylation sites (tertiary alicyclic amines) is 1. The zero-order valence-corrected chi connectivity index (χ0v) is 14.3. The van der Waals surface area contributed by atoms with Crippen molar-refractivity contribution in [2.45, 2.75) is 25.3 Å². The van der Waals surface area contributed by atoms with Crippen LogP contribution in [0, 0.1) is 5.92 Å². The number of pyridine rings is 1. The Hall–Kier alpha value is -2.89. The number of carboxylic acid groups (broad SMARTS) is 1. The fraction of sp³-hybridized carbons (Fsp3) is 0.350. The Bertz CT molecular complexity index is 933. The monoisotopic (exact) mass is 352 g/mol. The largest absolute Gasteiger partial charge is 0.478 e. The first kappa shape index (κ1) is 16.6. The van der Waals surface area contributed by atoms with E-state index in [0.29, 0.717) is 25.2 Å². The van der Waals surface area contributed by atoms with E-state index in [2.05, 4.69) is 0 Å². The number of hydrogen-bond donors (Lipinski definition) is 1. The van der Waals surface area contributed by atoms with Gasteiger partial charge in [-0.15, -0.1) is 0 Å². The number of amides is 1. The minimum absolute atomic E-state index is 0.0207. The van der Waals surface area contributed by atoms with Crippen LogP contribution in [0.25, 0.3) is 0 Å². The third-order valence-electron chi connectivity index (χ3n) is 5.42. The van der Waals surface area contributed by atoms with Crippen LogP contribution >= 0.6 is 0 Å². The summed E-state index contributed by atoms with van der Waals surface area (Å²) in [6.45, 7) is 1.83. The molecule has 2 aliphatic heterocycles. The van der Waals surface area contributed by atoms with Crippen molar-refractivity contribution in [3.63, 3.8) is 0 Å². The summed E-state index contributed by atoms with van der Waals surface area (Å²) in [5.41, 5.74) is 1.73. The van der Waals surface area contributed by atoms with Crippen LogP contribution in [0.5, 0.6) is 0 Å². The third kappa shape index (κ3) is 2.92. The number of rotatable bonds is 3. The number of nitrogens with zero attached hydrogens (tertiary/aromatic N) is 2. The molecule has 1 aromatic heterocycles. The Morgan fingerprint density at radius 3 is 2.65 bits per heavy atom. The predicted molar refractivity (Wildman–Crippen MR) is 95.2 cm³/mol. The van der Waals surface area contributed by atoms with Crippen LogP contribution in [-0.2, 0) is 17.8 Å². The highest BCUT2D eigenvalue weighted by Crippen LogP contribution is 2.35. The topological polar surface area (TPSA) is 79.6 Å². The van der Waals surface area contributed by atoms with E-state index < -0.39 is 5.97 Å². The lowest BCUT2D eigenvalue weighted by Crippen LogP contribution is -2.49. The quantitative estimate of drug-likeness (QED) is 0.912. The van der Waals surface area contributed by atoms with Crippen LogP contribution in [0.2, 0.25) is 0 Å². The Balaban J connectivity index is 1.55. The van der Waals surface area contributed by atoms with Crippen molar-refractivity contribution in [1.82, 2.24) is 9.47 Å². The number of aromatic nitrogens is 1. The maximum Gasteiger partial charge on any atom is 0.335 e. The van der Waals surface area contributed by atoms with Crippen molar-refractivity contribution in [1.29, 1.82) is 0 Å². The van der Waals surface area contributed by atoms with Crippen molar-refractivity contribution in [3.05, 3.63) is 69.6 Å². The molecule has 6 heteroatoms. The first-order valence-electron chi connectivity index (χ1n) is 8.81. The number of piperidine rings is 1. The smallest absolute Gasteiger partial charge is 0.335 e. The van der Waals surface area contributed by atoms with Gasteiger partial charge in [0, 0.05) is 37.3 Å². The highest BCUT2D eigenvalue weighted by molar-refractivity contribution is 5.91. The van der Waals surface area contributed by atoms with Gasteiger partial charge < -0.3 is 14.6 Å². The van der Waals surface area contributed by atoms with Crippen molar-refractivity contribution in [3.8, 4) is 0 Å². The van der Waals surface area contributed by atoms with Gasteiger partial charge in [-0.3, -0.25) is 9.59 Å². The van der Waals surface area contributed by atoms with Crippen LogP contribution < -0.4 is 5.56 Å². The molecule has 0 saturated carbocycles. The van der Waals surface area contributed by atoms with Gasteiger partial charge in [0.1, 0.15) is 0 Å². The minimum atomic E-state index is -1.02. The second kappa shape index (κ2) is 6.44. The molecule has 1 saturated heterocycles. The van der Waals surface area contributed by atoms with E-state index in [9.17, 15) is 19.5 Å². The third-order valence-corrected chi connectivity index (χ3v) is 5.42. The second-order valence-corrected chi connectivity index (χ2v) is 7.14. The molecule has 0 unspecified atom stereocenters. The lowest BCUT2D eigenvalue weighted by molar-refractivity contribution is -0.133. The summed E-state index contributed by atoms with van der Waals surface area (Å²) in [6.07, 6.45) is 1.07. The molecule has 2 atom stereocenters. The standard InChI is InChI=1S/C20H20N2O4/c23-18-7-3-6-17-15-8-13(11-22(17)18)10-21(12-15)19(24)9-14-4-1-2-5-16(14)20(25)26/h1-7,13,15H,8-12H2,(H,25,26)/t13-,15+/m0/s1. The molecule has 4 rings (SSSR count). The number of carboxylic acids is 1. The van der Waals surface area contributed by atoms with E-state index in [1.165, 1.54) is 6.07 Å². The average molecular weight is 352 g/mol. The molecule has 26 heavy (non-hydrogen) atoms. The molecule has 0 aliphatic carbocycles. The van der Waals surface area contributed by atoms with E-state index in [4.69, 9.17) is 0 Å². The van der Waals surface area contributed by atoms with Gasteiger partial charge in [0.15, 0.2) is 0 Å². The van der Waals surface area contributed by atoms with Crippen molar-refractivity contribution < 1.29 is 14.7 Å². The first-order chi connectivity index (χ1) is 12.5. The molecule has 2 bridgehead atoms. The molecule has 1 amide bonds. The summed E-state index contributed by atoms with van der Waals surface area (Å²) in [5.74, 6) is -0.646. The Morgan fingerprint density at radius 2 is 1.85 bits per heavy atom. The Kier molecular flexibility index (Phi) is 4.11. The van der Waals surface area contributed by atoms with Gasteiger partial charge in [0.25, 0.3) is 5.56 Å². The van der Waals surface area contributed by atoms with Crippen LogP contribution in [0.1, 0.15) is 34.0 Å². The summed E-state index contributed by atoms with van der Waals surface area (Å²) in [5, 5.41) is 9.30. The molecule has 0 radical (unpaired) electrons. The van der Waals surface area contributed by atoms with E-state index in [0.717, 1.165) is 12.1 Å². The number of carbonyl (C=O) groups excluding carboxylic acids is 1. The number of fused-ring (bicyclic) bond motifs is 4. The maximum atomic E-state index is 12.8. The van der Waals surface area contributed by atoms with Crippen LogP contribution in [0.15, 0.2) is 47.3 Å². The fourth-order valence-corrected chi connectivity index (χ4v) is 4.26. The van der Waals surface area contributed by atoms with Gasteiger partial charge in [-0.25, -0.2) is 4.79 Å². The number of carbonyl (C=O) groups is 2. The molecule has 3 heterocycles. The van der Waals surface area contributed by atoms with E-state index >= 15 is 0 Å². The van der Waals surface area contributed by atoms with Crippen molar-refractivity contribution in [2.75, 3.05) is 13.1 Å². The lowest BCUT2D eigenvalue weighted by Gasteiger charge is -2.42. The SMILES string of the molecule is O=C(O)c1ccccc1CC(=O)N1C[C@@H]2C[C@H](C1)c1cccc(=O)n1C2. The highest BCUT2D eigenvalue weighted by atomic mass is 16.4. The summed E-state index contributed by atoms with van der Waals surface area (Å²) in [4.78, 5) is 38.1. The molecule has 1 aromatic carbocycles. The van der Waals surface area contributed by atoms with Crippen LogP contribution in [0.4, 0.5) is 0 Å². The van der Waals surface area contributed by atoms with Crippen molar-refractivity contribution >= 4 is 11.9 Å². The van der Waals surface area contributed by atoms with Gasteiger partial charge in [0.2, 0.25) is 5.91 Å². The molecular weight excluding hydrogens is 332 g/mol.